The Morgan fingerprint density at radius 2 is 1.71 bits per heavy atom. The number of nitrogens with zero attached hydrogens (tertiary/aromatic N) is 1. The Labute approximate surface area is 190 Å². The van der Waals surface area contributed by atoms with E-state index in [0.29, 0.717) is 12.2 Å². The summed E-state index contributed by atoms with van der Waals surface area (Å²) in [6.07, 6.45) is 6.79. The molecule has 28 heavy (non-hydrogen) atoms. The zero-order valence-electron chi connectivity index (χ0n) is 16.7. The molecular weight excluding hydrogens is 383 g/mol. The number of hydrogen-bond donors (Lipinski definition) is 1. The van der Waals surface area contributed by atoms with Gasteiger partial charge in [0.2, 0.25) is 0 Å². The first kappa shape index (κ1) is 23.2. The summed E-state index contributed by atoms with van der Waals surface area (Å²) in [5, 5.41) is 3.32. The molecule has 3 rings (SSSR count). The molecule has 0 aliphatic carbocycles. The molecule has 0 spiro atoms. The van der Waals surface area contributed by atoms with Crippen molar-refractivity contribution in [1.29, 1.82) is 0 Å². The van der Waals surface area contributed by atoms with Gasteiger partial charge >= 0.3 is 29.6 Å². The van der Waals surface area contributed by atoms with E-state index in [4.69, 9.17) is 0 Å². The van der Waals surface area contributed by atoms with Gasteiger partial charge in [-0.3, -0.25) is 0 Å². The monoisotopic (exact) mass is 410 g/mol. The Balaban J connectivity index is 0.00000280. The topological polar surface area (TPSA) is 72.5 Å². The van der Waals surface area contributed by atoms with E-state index in [-0.39, 0.29) is 40.6 Å². The molecule has 5 nitrogen and oxygen atoms in total. The first-order valence-electron chi connectivity index (χ1n) is 9.66. The van der Waals surface area contributed by atoms with Crippen LogP contribution in [-0.4, -0.2) is 19.1 Å². The zero-order chi connectivity index (χ0) is 19.3. The number of para-hydroxylation sites is 1. The van der Waals surface area contributed by atoms with E-state index >= 15 is 0 Å². The Kier molecular flexibility index (Phi) is 8.83. The Morgan fingerprint density at radius 1 is 1.00 bits per heavy atom. The first-order chi connectivity index (χ1) is 13.0. The Morgan fingerprint density at radius 3 is 2.39 bits per heavy atom. The third-order valence-corrected chi connectivity index (χ3v) is 5.93. The molecule has 7 heteroatoms. The molecule has 0 fully saturated rings. The standard InChI is InChI=1S/C21H28N2O3S.Na/c1-2-3-4-5-9-15-20-22-21-18(13-10-14-19(21)27(24,25)26)23(20)16-17-11-7-6-8-12-17;/h6-8,10-14,20,22H,2-5,9,15-16H2,1H3,(H,24,25,26);/q;+1/p-1. The fourth-order valence-corrected chi connectivity index (χ4v) is 4.33. The number of anilines is 2. The van der Waals surface area contributed by atoms with Crippen LogP contribution in [0.25, 0.3) is 0 Å². The van der Waals surface area contributed by atoms with Crippen molar-refractivity contribution in [2.24, 2.45) is 0 Å². The maximum absolute atomic E-state index is 11.7. The minimum atomic E-state index is -4.52. The van der Waals surface area contributed by atoms with Gasteiger partial charge in [-0.25, -0.2) is 8.42 Å². The van der Waals surface area contributed by atoms with Gasteiger partial charge < -0.3 is 14.8 Å². The van der Waals surface area contributed by atoms with E-state index in [1.165, 1.54) is 25.3 Å². The summed E-state index contributed by atoms with van der Waals surface area (Å²) in [4.78, 5) is 2.02. The summed E-state index contributed by atoms with van der Waals surface area (Å²) >= 11 is 0. The van der Waals surface area contributed by atoms with Crippen LogP contribution in [0.5, 0.6) is 0 Å². The number of benzene rings is 2. The largest absolute Gasteiger partial charge is 1.00 e. The van der Waals surface area contributed by atoms with E-state index in [1.54, 1.807) is 6.07 Å². The fourth-order valence-electron chi connectivity index (χ4n) is 3.67. The number of nitrogens with one attached hydrogen (secondary N) is 1. The predicted molar refractivity (Wildman–Crippen MR) is 108 cm³/mol. The molecule has 0 saturated carbocycles. The van der Waals surface area contributed by atoms with Crippen LogP contribution in [0.4, 0.5) is 11.4 Å². The van der Waals surface area contributed by atoms with E-state index in [1.807, 2.05) is 24.3 Å². The van der Waals surface area contributed by atoms with Crippen LogP contribution in [0.1, 0.15) is 51.0 Å². The molecule has 0 aromatic heterocycles. The summed E-state index contributed by atoms with van der Waals surface area (Å²) < 4.78 is 35.0. The summed E-state index contributed by atoms with van der Waals surface area (Å²) in [5.74, 6) is 0. The summed E-state index contributed by atoms with van der Waals surface area (Å²) in [5.41, 5.74) is 2.38. The molecule has 0 bridgehead atoms. The number of rotatable bonds is 9. The van der Waals surface area contributed by atoms with Crippen molar-refractivity contribution in [3.05, 3.63) is 54.1 Å². The van der Waals surface area contributed by atoms with Crippen LogP contribution in [0.2, 0.25) is 0 Å². The van der Waals surface area contributed by atoms with Gasteiger partial charge in [-0.2, -0.15) is 0 Å². The van der Waals surface area contributed by atoms with Crippen LogP contribution >= 0.6 is 0 Å². The van der Waals surface area contributed by atoms with Crippen LogP contribution in [0.3, 0.4) is 0 Å². The van der Waals surface area contributed by atoms with Gasteiger partial charge in [0, 0.05) is 6.54 Å². The van der Waals surface area contributed by atoms with E-state index in [9.17, 15) is 13.0 Å². The summed E-state index contributed by atoms with van der Waals surface area (Å²) in [6, 6.07) is 15.0. The van der Waals surface area contributed by atoms with Crippen LogP contribution in [0, 0.1) is 0 Å². The van der Waals surface area contributed by atoms with Crippen molar-refractivity contribution in [2.75, 3.05) is 10.2 Å². The van der Waals surface area contributed by atoms with Crippen molar-refractivity contribution < 1.29 is 42.5 Å². The van der Waals surface area contributed by atoms with Crippen molar-refractivity contribution >= 4 is 21.5 Å². The quantitative estimate of drug-likeness (QED) is 0.387. The minimum Gasteiger partial charge on any atom is -0.744 e. The maximum atomic E-state index is 11.7. The van der Waals surface area contributed by atoms with Crippen LogP contribution < -0.4 is 39.8 Å². The molecule has 2 aromatic carbocycles. The molecule has 1 N–H and O–H groups in total. The number of hydrogen-bond acceptors (Lipinski definition) is 5. The first-order valence-corrected chi connectivity index (χ1v) is 11.1. The molecule has 0 radical (unpaired) electrons. The minimum absolute atomic E-state index is 0. The molecule has 1 aliphatic rings. The smallest absolute Gasteiger partial charge is 0.744 e. The van der Waals surface area contributed by atoms with Crippen molar-refractivity contribution in [1.82, 2.24) is 0 Å². The maximum Gasteiger partial charge on any atom is 1.00 e. The molecular formula is C21H27N2NaO3S. The summed E-state index contributed by atoms with van der Waals surface area (Å²) in [6.45, 7) is 2.87. The molecule has 146 valence electrons. The van der Waals surface area contributed by atoms with Gasteiger partial charge in [0.1, 0.15) is 10.1 Å². The van der Waals surface area contributed by atoms with Crippen molar-refractivity contribution in [3.8, 4) is 0 Å². The fraction of sp³-hybridized carbons (Fsp3) is 0.429. The second-order valence-electron chi connectivity index (χ2n) is 7.08. The molecule has 1 unspecified atom stereocenters. The SMILES string of the molecule is CCCCCCCC1Nc2c(cccc2S(=O)(=O)[O-])N1Cc1ccccc1.[Na+]. The van der Waals surface area contributed by atoms with Gasteiger partial charge in [0.25, 0.3) is 0 Å². The predicted octanol–water partition coefficient (Wildman–Crippen LogP) is 1.71. The third-order valence-electron chi connectivity index (χ3n) is 5.05. The van der Waals surface area contributed by atoms with Gasteiger partial charge in [-0.1, -0.05) is 69.0 Å². The molecule has 2 aromatic rings. The normalized spacial score (nSPS) is 15.6. The van der Waals surface area contributed by atoms with Gasteiger partial charge in [-0.05, 0) is 30.5 Å². The van der Waals surface area contributed by atoms with Crippen LogP contribution in [0.15, 0.2) is 53.4 Å². The van der Waals surface area contributed by atoms with E-state index < -0.39 is 10.1 Å². The second kappa shape index (κ2) is 10.6. The van der Waals surface area contributed by atoms with E-state index in [2.05, 4.69) is 29.3 Å². The number of unbranched alkanes of at least 4 members (excludes halogenated alkanes) is 4. The molecule has 1 aliphatic heterocycles. The average molecular weight is 411 g/mol. The zero-order valence-corrected chi connectivity index (χ0v) is 19.5. The average Bonchev–Trinajstić information content (AvgIpc) is 2.99. The third kappa shape index (κ3) is 5.74. The van der Waals surface area contributed by atoms with Crippen molar-refractivity contribution in [3.63, 3.8) is 0 Å². The summed E-state index contributed by atoms with van der Waals surface area (Å²) in [7, 11) is -4.52. The van der Waals surface area contributed by atoms with Gasteiger partial charge in [-0.15, -0.1) is 0 Å². The Hall–Kier alpha value is -1.05. The molecule has 1 atom stereocenters. The van der Waals surface area contributed by atoms with Crippen molar-refractivity contribution in [2.45, 2.75) is 63.1 Å². The van der Waals surface area contributed by atoms with E-state index in [0.717, 1.165) is 30.5 Å². The Bertz CT molecular complexity index is 859. The molecule has 0 amide bonds. The van der Waals surface area contributed by atoms with Gasteiger partial charge in [0.05, 0.1) is 22.4 Å². The molecule has 0 saturated heterocycles. The van der Waals surface area contributed by atoms with Gasteiger partial charge in [0.15, 0.2) is 0 Å². The number of fused-ring (bicyclic) bond motifs is 1. The van der Waals surface area contributed by atoms with Crippen LogP contribution in [-0.2, 0) is 16.7 Å². The molecule has 1 heterocycles. The second-order valence-corrected chi connectivity index (χ2v) is 8.43.